The Labute approximate surface area is 244 Å². The summed E-state index contributed by atoms with van der Waals surface area (Å²) in [6, 6.07) is 16.8. The smallest absolute Gasteiger partial charge is 0.331 e. The quantitative estimate of drug-likeness (QED) is 0.229. The highest BCUT2D eigenvalue weighted by Crippen LogP contribution is 2.28. The first kappa shape index (κ1) is 30.6. The van der Waals surface area contributed by atoms with Gasteiger partial charge in [0.05, 0.1) is 6.04 Å². The molecule has 0 radical (unpaired) electrons. The number of hydrogen-bond acceptors (Lipinski definition) is 6. The van der Waals surface area contributed by atoms with Crippen LogP contribution in [-0.4, -0.2) is 41.7 Å². The van der Waals surface area contributed by atoms with E-state index in [2.05, 4.69) is 5.32 Å². The van der Waals surface area contributed by atoms with E-state index in [1.807, 2.05) is 44.2 Å². The average Bonchev–Trinajstić information content (AvgIpc) is 2.97. The monoisotopic (exact) mass is 576 g/mol. The second-order valence-electron chi connectivity index (χ2n) is 10.4. The van der Waals surface area contributed by atoms with Crippen LogP contribution in [0, 0.1) is 17.6 Å². The number of halogens is 2. The molecule has 9 heteroatoms. The molecule has 0 spiro atoms. The van der Waals surface area contributed by atoms with Crippen LogP contribution in [0.1, 0.15) is 43.4 Å². The second kappa shape index (κ2) is 14.5. The maximum atomic E-state index is 14.3. The van der Waals surface area contributed by atoms with Gasteiger partial charge in [-0.2, -0.15) is 0 Å². The lowest BCUT2D eigenvalue weighted by atomic mass is 9.99. The zero-order valence-corrected chi connectivity index (χ0v) is 23.6. The molecule has 42 heavy (non-hydrogen) atoms. The third-order valence-corrected chi connectivity index (χ3v) is 6.94. The molecule has 0 unspecified atom stereocenters. The molecule has 0 saturated carbocycles. The van der Waals surface area contributed by atoms with Crippen molar-refractivity contribution >= 4 is 23.7 Å². The minimum atomic E-state index is -0.842. The normalized spacial score (nSPS) is 14.3. The van der Waals surface area contributed by atoms with Crippen LogP contribution in [0.5, 0.6) is 11.5 Å². The molecule has 1 atom stereocenters. The fourth-order valence-electron chi connectivity index (χ4n) is 4.58. The van der Waals surface area contributed by atoms with Gasteiger partial charge in [0.1, 0.15) is 24.0 Å². The Bertz CT molecular complexity index is 1430. The molecule has 1 aliphatic heterocycles. The molecule has 1 heterocycles. The summed E-state index contributed by atoms with van der Waals surface area (Å²) in [7, 11) is 0. The predicted molar refractivity (Wildman–Crippen MR) is 154 cm³/mol. The van der Waals surface area contributed by atoms with Gasteiger partial charge in [-0.1, -0.05) is 50.2 Å². The van der Waals surface area contributed by atoms with Crippen LogP contribution in [-0.2, 0) is 32.3 Å². The number of ether oxygens (including phenoxy) is 2. The summed E-state index contributed by atoms with van der Waals surface area (Å²) < 4.78 is 38.6. The third kappa shape index (κ3) is 8.57. The van der Waals surface area contributed by atoms with E-state index in [1.165, 1.54) is 12.1 Å². The molecular weight excluding hydrogens is 542 g/mol. The number of nitrogens with zero attached hydrogens (tertiary/aromatic N) is 1. The topological polar surface area (TPSA) is 84.9 Å². The van der Waals surface area contributed by atoms with Crippen LogP contribution < -0.4 is 10.1 Å². The molecule has 3 aromatic rings. The van der Waals surface area contributed by atoms with E-state index in [9.17, 15) is 23.2 Å². The third-order valence-electron chi connectivity index (χ3n) is 6.94. The maximum absolute atomic E-state index is 14.3. The maximum Gasteiger partial charge on any atom is 0.331 e. The highest BCUT2D eigenvalue weighted by Gasteiger charge is 2.29. The number of ketones is 1. The van der Waals surface area contributed by atoms with E-state index in [0.717, 1.165) is 17.7 Å². The predicted octanol–water partition coefficient (Wildman–Crippen LogP) is 5.82. The van der Waals surface area contributed by atoms with Gasteiger partial charge in [-0.25, -0.2) is 13.6 Å². The van der Waals surface area contributed by atoms with Crippen molar-refractivity contribution in [3.05, 3.63) is 101 Å². The fourth-order valence-corrected chi connectivity index (χ4v) is 4.58. The van der Waals surface area contributed by atoms with Gasteiger partial charge in [-0.3, -0.25) is 9.59 Å². The Morgan fingerprint density at radius 1 is 1.00 bits per heavy atom. The summed E-state index contributed by atoms with van der Waals surface area (Å²) in [5, 5.41) is 3.32. The van der Waals surface area contributed by atoms with E-state index in [1.54, 1.807) is 29.2 Å². The molecule has 1 aliphatic rings. The van der Waals surface area contributed by atoms with Crippen molar-refractivity contribution in [2.24, 2.45) is 5.92 Å². The van der Waals surface area contributed by atoms with E-state index in [0.29, 0.717) is 42.8 Å². The molecule has 220 valence electrons. The van der Waals surface area contributed by atoms with Crippen molar-refractivity contribution in [3.8, 4) is 11.5 Å². The lowest BCUT2D eigenvalue weighted by molar-refractivity contribution is -0.139. The molecule has 0 aliphatic carbocycles. The summed E-state index contributed by atoms with van der Waals surface area (Å²) in [6.45, 7) is 5.02. The second-order valence-corrected chi connectivity index (χ2v) is 10.4. The van der Waals surface area contributed by atoms with Crippen LogP contribution in [0.25, 0.3) is 6.08 Å². The first-order chi connectivity index (χ1) is 20.2. The standard InChI is InChI=1S/C33H34F2N2O5/c1-22(2)32(33(40)37-16-14-27(38)15-17-37)36-20-25-18-28(42-30-12-10-26(34)19-29(30)35)11-8-24(25)9-13-31(39)41-21-23-6-4-3-5-7-23/h3-13,18-19,22,32,36H,14-17,20-21H2,1-2H3/b13-9+/t32-/m1/s1. The highest BCUT2D eigenvalue weighted by molar-refractivity contribution is 5.87. The van der Waals surface area contributed by atoms with Gasteiger partial charge in [-0.05, 0) is 52.9 Å². The van der Waals surface area contributed by atoms with Crippen molar-refractivity contribution in [3.63, 3.8) is 0 Å². The lowest BCUT2D eigenvalue weighted by Crippen LogP contribution is -2.51. The van der Waals surface area contributed by atoms with Gasteiger partial charge in [0.2, 0.25) is 5.91 Å². The van der Waals surface area contributed by atoms with Gasteiger partial charge < -0.3 is 19.7 Å². The zero-order valence-electron chi connectivity index (χ0n) is 23.6. The number of benzene rings is 3. The number of hydrogen-bond donors (Lipinski definition) is 1. The van der Waals surface area contributed by atoms with Crippen molar-refractivity contribution in [1.29, 1.82) is 0 Å². The zero-order chi connectivity index (χ0) is 30.1. The van der Waals surface area contributed by atoms with Gasteiger partial charge >= 0.3 is 5.97 Å². The molecule has 0 aromatic heterocycles. The molecule has 1 amide bonds. The van der Waals surface area contributed by atoms with Crippen molar-refractivity contribution < 1.29 is 32.6 Å². The molecule has 1 fully saturated rings. The molecule has 1 N–H and O–H groups in total. The van der Waals surface area contributed by atoms with E-state index >= 15 is 0 Å². The SMILES string of the molecule is CC(C)[C@@H](NCc1cc(Oc2ccc(F)cc2F)ccc1/C=C/C(=O)OCc1ccccc1)C(=O)N1CCC(=O)CC1. The summed E-state index contributed by atoms with van der Waals surface area (Å²) >= 11 is 0. The van der Waals surface area contributed by atoms with Crippen LogP contribution in [0.15, 0.2) is 72.8 Å². The number of amides is 1. The number of carbonyl (C=O) groups is 3. The number of carbonyl (C=O) groups excluding carboxylic acids is 3. The Hall–Kier alpha value is -4.37. The summed E-state index contributed by atoms with van der Waals surface area (Å²) in [5.41, 5.74) is 2.19. The summed E-state index contributed by atoms with van der Waals surface area (Å²) in [4.78, 5) is 39.1. The highest BCUT2D eigenvalue weighted by atomic mass is 19.1. The first-order valence-electron chi connectivity index (χ1n) is 13.9. The summed E-state index contributed by atoms with van der Waals surface area (Å²) in [6.07, 6.45) is 3.63. The first-order valence-corrected chi connectivity index (χ1v) is 13.9. The van der Waals surface area contributed by atoms with Crippen LogP contribution in [0.2, 0.25) is 0 Å². The number of rotatable bonds is 11. The number of esters is 1. The van der Waals surface area contributed by atoms with E-state index < -0.39 is 23.6 Å². The van der Waals surface area contributed by atoms with E-state index in [-0.39, 0.29) is 36.5 Å². The number of piperidine rings is 1. The molecule has 1 saturated heterocycles. The van der Waals surface area contributed by atoms with Crippen molar-refractivity contribution in [2.75, 3.05) is 13.1 Å². The molecule has 3 aromatic carbocycles. The Kier molecular flexibility index (Phi) is 10.6. The Morgan fingerprint density at radius 2 is 1.74 bits per heavy atom. The van der Waals surface area contributed by atoms with Crippen molar-refractivity contribution in [2.45, 2.75) is 45.9 Å². The number of Topliss-reactive ketones (excluding diaryl/α,β-unsaturated/α-hetero) is 1. The number of likely N-dealkylation sites (tertiary alicyclic amines) is 1. The van der Waals surface area contributed by atoms with Crippen LogP contribution in [0.3, 0.4) is 0 Å². The summed E-state index contributed by atoms with van der Waals surface area (Å²) in [5.74, 6) is -1.91. The average molecular weight is 577 g/mol. The van der Waals surface area contributed by atoms with Crippen molar-refractivity contribution in [1.82, 2.24) is 10.2 Å². The molecule has 4 rings (SSSR count). The van der Waals surface area contributed by atoms with Crippen LogP contribution >= 0.6 is 0 Å². The fraction of sp³-hybridized carbons (Fsp3) is 0.303. The van der Waals surface area contributed by atoms with Gasteiger partial charge in [0, 0.05) is 44.6 Å². The minimum Gasteiger partial charge on any atom is -0.458 e. The Balaban J connectivity index is 1.52. The minimum absolute atomic E-state index is 0.0465. The van der Waals surface area contributed by atoms with Gasteiger partial charge in [0.25, 0.3) is 0 Å². The van der Waals surface area contributed by atoms with Gasteiger partial charge in [-0.15, -0.1) is 0 Å². The molecular formula is C33H34F2N2O5. The van der Waals surface area contributed by atoms with Gasteiger partial charge in [0.15, 0.2) is 11.6 Å². The van der Waals surface area contributed by atoms with Crippen LogP contribution in [0.4, 0.5) is 8.78 Å². The largest absolute Gasteiger partial charge is 0.458 e. The lowest BCUT2D eigenvalue weighted by Gasteiger charge is -2.32. The molecule has 0 bridgehead atoms. The number of nitrogens with one attached hydrogen (secondary N) is 1. The molecule has 7 nitrogen and oxygen atoms in total. The Morgan fingerprint density at radius 3 is 2.43 bits per heavy atom. The van der Waals surface area contributed by atoms with E-state index in [4.69, 9.17) is 9.47 Å².